The van der Waals surface area contributed by atoms with Crippen LogP contribution >= 0.6 is 46.4 Å². The van der Waals surface area contributed by atoms with Gasteiger partial charge in [-0.25, -0.2) is 4.68 Å². The quantitative estimate of drug-likeness (QED) is 0.767. The smallest absolute Gasteiger partial charge is 0.235 e. The molecule has 1 aromatic rings. The van der Waals surface area contributed by atoms with Gasteiger partial charge in [0, 0.05) is 6.54 Å². The molecule has 0 fully saturated rings. The molecule has 0 radical (unpaired) electrons. The Bertz CT molecular complexity index is 291. The zero-order chi connectivity index (χ0) is 10.1. The maximum atomic E-state index is 5.72. The zero-order valence-corrected chi connectivity index (χ0v) is 9.79. The molecular formula is C6H7Cl4N3. The van der Waals surface area contributed by atoms with E-state index in [1.54, 1.807) is 0 Å². The highest BCUT2D eigenvalue weighted by atomic mass is 35.6. The lowest BCUT2D eigenvalue weighted by atomic mass is 10.4. The predicted octanol–water partition coefficient (Wildman–Crippen LogP) is 3.17. The van der Waals surface area contributed by atoms with Crippen LogP contribution in [-0.2, 0) is 10.3 Å². The molecule has 3 nitrogen and oxygen atoms in total. The van der Waals surface area contributed by atoms with Gasteiger partial charge in [0.25, 0.3) is 0 Å². The fourth-order valence-corrected chi connectivity index (χ4v) is 1.90. The average molecular weight is 263 g/mol. The van der Waals surface area contributed by atoms with Crippen LogP contribution in [0.15, 0.2) is 0 Å². The van der Waals surface area contributed by atoms with Crippen molar-refractivity contribution in [2.24, 2.45) is 0 Å². The first-order chi connectivity index (χ1) is 5.96. The largest absolute Gasteiger partial charge is 0.243 e. The van der Waals surface area contributed by atoms with E-state index in [0.717, 1.165) is 6.42 Å². The molecule has 1 rings (SSSR count). The molecule has 0 saturated carbocycles. The first-order valence-electron chi connectivity index (χ1n) is 3.63. The van der Waals surface area contributed by atoms with Crippen molar-refractivity contribution in [3.05, 3.63) is 10.8 Å². The van der Waals surface area contributed by atoms with Crippen LogP contribution in [0.1, 0.15) is 19.0 Å². The third-order valence-corrected chi connectivity index (χ3v) is 2.19. The molecule has 13 heavy (non-hydrogen) atoms. The van der Waals surface area contributed by atoms with Crippen LogP contribution in [0.3, 0.4) is 0 Å². The van der Waals surface area contributed by atoms with Crippen LogP contribution in [-0.4, -0.2) is 15.0 Å². The average Bonchev–Trinajstić information content (AvgIpc) is 2.31. The Morgan fingerprint density at radius 3 is 2.46 bits per heavy atom. The van der Waals surface area contributed by atoms with Gasteiger partial charge in [-0.15, -0.1) is 5.10 Å². The number of alkyl halides is 3. The van der Waals surface area contributed by atoms with Crippen molar-refractivity contribution in [1.29, 1.82) is 0 Å². The van der Waals surface area contributed by atoms with Gasteiger partial charge in [0.15, 0.2) is 5.15 Å². The minimum Gasteiger partial charge on any atom is -0.243 e. The van der Waals surface area contributed by atoms with Gasteiger partial charge < -0.3 is 0 Å². The summed E-state index contributed by atoms with van der Waals surface area (Å²) in [6.45, 7) is 2.61. The second kappa shape index (κ2) is 4.22. The minimum absolute atomic E-state index is 0.133. The van der Waals surface area contributed by atoms with E-state index in [1.807, 2.05) is 6.92 Å². The van der Waals surface area contributed by atoms with Crippen molar-refractivity contribution in [3.8, 4) is 0 Å². The van der Waals surface area contributed by atoms with Gasteiger partial charge in [-0.2, -0.15) is 0 Å². The third-order valence-electron chi connectivity index (χ3n) is 1.40. The Morgan fingerprint density at radius 1 is 1.38 bits per heavy atom. The van der Waals surface area contributed by atoms with Crippen LogP contribution in [0.5, 0.6) is 0 Å². The lowest BCUT2D eigenvalue weighted by Crippen LogP contribution is -2.12. The summed E-state index contributed by atoms with van der Waals surface area (Å²) in [6, 6.07) is 0. The van der Waals surface area contributed by atoms with Crippen LogP contribution in [0.4, 0.5) is 0 Å². The Morgan fingerprint density at radius 2 is 2.00 bits per heavy atom. The maximum Gasteiger partial charge on any atom is 0.235 e. The normalized spacial score (nSPS) is 12.1. The molecule has 0 unspecified atom stereocenters. The summed E-state index contributed by atoms with van der Waals surface area (Å²) < 4.78 is -0.0783. The van der Waals surface area contributed by atoms with Crippen molar-refractivity contribution < 1.29 is 0 Å². The summed E-state index contributed by atoms with van der Waals surface area (Å²) in [7, 11) is 0. The Labute approximate surface area is 95.9 Å². The first kappa shape index (κ1) is 11.4. The molecule has 1 aromatic heterocycles. The van der Waals surface area contributed by atoms with Gasteiger partial charge in [-0.05, 0) is 6.42 Å². The molecule has 74 valence electrons. The fourth-order valence-electron chi connectivity index (χ4n) is 0.923. The third kappa shape index (κ3) is 2.62. The van der Waals surface area contributed by atoms with E-state index in [-0.39, 0.29) is 5.15 Å². The summed E-state index contributed by atoms with van der Waals surface area (Å²) >= 11 is 22.8. The number of aromatic nitrogens is 3. The van der Waals surface area contributed by atoms with Gasteiger partial charge in [0.05, 0.1) is 0 Å². The van der Waals surface area contributed by atoms with Gasteiger partial charge in [-0.1, -0.05) is 58.5 Å². The number of nitrogens with zero attached hydrogens (tertiary/aromatic N) is 3. The number of rotatable bonds is 2. The Kier molecular flexibility index (Phi) is 3.69. The summed E-state index contributed by atoms with van der Waals surface area (Å²) in [5, 5.41) is 7.51. The van der Waals surface area contributed by atoms with E-state index in [2.05, 4.69) is 10.3 Å². The van der Waals surface area contributed by atoms with Crippen molar-refractivity contribution in [2.75, 3.05) is 0 Å². The van der Waals surface area contributed by atoms with E-state index in [0.29, 0.717) is 12.2 Å². The van der Waals surface area contributed by atoms with Crippen LogP contribution in [0.2, 0.25) is 5.15 Å². The standard InChI is InChI=1S/C6H7Cl4N3/c1-2-3-13-4(6(8,9)10)5(7)11-12-13/h2-3H2,1H3. The summed E-state index contributed by atoms with van der Waals surface area (Å²) in [5.41, 5.74) is 0.320. The van der Waals surface area contributed by atoms with Gasteiger partial charge in [0.2, 0.25) is 3.79 Å². The highest BCUT2D eigenvalue weighted by Gasteiger charge is 2.31. The first-order valence-corrected chi connectivity index (χ1v) is 5.14. The monoisotopic (exact) mass is 261 g/mol. The molecule has 0 aromatic carbocycles. The van der Waals surface area contributed by atoms with E-state index in [1.165, 1.54) is 4.68 Å². The van der Waals surface area contributed by atoms with Crippen LogP contribution < -0.4 is 0 Å². The van der Waals surface area contributed by atoms with E-state index in [4.69, 9.17) is 46.4 Å². The molecule has 0 aliphatic heterocycles. The second-order valence-electron chi connectivity index (χ2n) is 2.45. The maximum absolute atomic E-state index is 5.72. The lowest BCUT2D eigenvalue weighted by molar-refractivity contribution is 0.558. The molecule has 0 N–H and O–H groups in total. The Hall–Kier alpha value is 0.300. The molecule has 0 bridgehead atoms. The molecule has 0 spiro atoms. The van der Waals surface area contributed by atoms with Crippen molar-refractivity contribution in [3.63, 3.8) is 0 Å². The molecule has 7 heteroatoms. The van der Waals surface area contributed by atoms with Crippen LogP contribution in [0, 0.1) is 0 Å². The molecule has 0 saturated heterocycles. The van der Waals surface area contributed by atoms with Gasteiger partial charge in [-0.3, -0.25) is 0 Å². The number of aryl methyl sites for hydroxylation is 1. The minimum atomic E-state index is -1.57. The fraction of sp³-hybridized carbons (Fsp3) is 0.667. The molecule has 0 aliphatic carbocycles. The predicted molar refractivity (Wildman–Crippen MR) is 54.6 cm³/mol. The van der Waals surface area contributed by atoms with Crippen molar-refractivity contribution in [1.82, 2.24) is 15.0 Å². The highest BCUT2D eigenvalue weighted by Crippen LogP contribution is 2.40. The van der Waals surface area contributed by atoms with Crippen molar-refractivity contribution in [2.45, 2.75) is 23.7 Å². The van der Waals surface area contributed by atoms with Crippen molar-refractivity contribution >= 4 is 46.4 Å². The molecule has 0 aliphatic rings. The highest BCUT2D eigenvalue weighted by molar-refractivity contribution is 6.67. The zero-order valence-electron chi connectivity index (χ0n) is 6.77. The topological polar surface area (TPSA) is 30.7 Å². The lowest BCUT2D eigenvalue weighted by Gasteiger charge is -2.12. The van der Waals surface area contributed by atoms with Crippen LogP contribution in [0.25, 0.3) is 0 Å². The van der Waals surface area contributed by atoms with Gasteiger partial charge in [0.1, 0.15) is 5.69 Å². The molecule has 0 amide bonds. The molecule has 0 atom stereocenters. The number of halogens is 4. The van der Waals surface area contributed by atoms with Gasteiger partial charge >= 0.3 is 0 Å². The molecular weight excluding hydrogens is 256 g/mol. The SMILES string of the molecule is CCCn1nnc(Cl)c1C(Cl)(Cl)Cl. The summed E-state index contributed by atoms with van der Waals surface area (Å²) in [6.07, 6.45) is 0.868. The van der Waals surface area contributed by atoms with E-state index in [9.17, 15) is 0 Å². The number of hydrogen-bond acceptors (Lipinski definition) is 2. The van der Waals surface area contributed by atoms with E-state index >= 15 is 0 Å². The number of hydrogen-bond donors (Lipinski definition) is 0. The second-order valence-corrected chi connectivity index (χ2v) is 5.09. The summed E-state index contributed by atoms with van der Waals surface area (Å²) in [4.78, 5) is 0. The molecule has 1 heterocycles. The Balaban J connectivity index is 3.09. The summed E-state index contributed by atoms with van der Waals surface area (Å²) in [5.74, 6) is 0. The van der Waals surface area contributed by atoms with E-state index < -0.39 is 3.79 Å².